The molecule has 5 aromatic rings. The van der Waals surface area contributed by atoms with Crippen LogP contribution in [0.15, 0.2) is 52.4 Å². The number of alkyl halides is 3. The van der Waals surface area contributed by atoms with Crippen LogP contribution in [0.3, 0.4) is 0 Å². The Hall–Kier alpha value is -4.33. The molecule has 6 rings (SSSR count). The number of imidazole rings is 1. The molecule has 1 aliphatic carbocycles. The number of H-pyrrole nitrogens is 1. The maximum Gasteiger partial charge on any atom is 0.408 e. The SMILES string of the molecule is O=c1[nH]c(=O)n(CO)cc1-c1cc([C@H]2C[C@@H]2c2ccc3cnn(CC(F)(F)F)c3c2)c2ncc(F)n2n1. The molecule has 0 spiro atoms. The second-order valence-electron chi connectivity index (χ2n) is 8.90. The second kappa shape index (κ2) is 8.09. The lowest BCUT2D eigenvalue weighted by atomic mass is 10.0. The van der Waals surface area contributed by atoms with Gasteiger partial charge in [-0.3, -0.25) is 19.0 Å². The number of aliphatic hydroxyl groups is 1. The van der Waals surface area contributed by atoms with Crippen LogP contribution in [0.25, 0.3) is 27.8 Å². The molecule has 4 heterocycles. The number of rotatable bonds is 5. The molecular weight excluding hydrogens is 498 g/mol. The fourth-order valence-electron chi connectivity index (χ4n) is 4.69. The van der Waals surface area contributed by atoms with E-state index in [1.807, 2.05) is 6.07 Å². The minimum Gasteiger partial charge on any atom is -0.376 e. The topological polar surface area (TPSA) is 123 Å². The van der Waals surface area contributed by atoms with Crippen molar-refractivity contribution >= 4 is 16.6 Å². The fourth-order valence-corrected chi connectivity index (χ4v) is 4.69. The number of nitrogens with zero attached hydrogens (tertiary/aromatic N) is 6. The summed E-state index contributed by atoms with van der Waals surface area (Å²) in [4.78, 5) is 30.5. The molecule has 2 atom stereocenters. The first kappa shape index (κ1) is 23.1. The van der Waals surface area contributed by atoms with Crippen molar-refractivity contribution in [2.75, 3.05) is 0 Å². The third-order valence-electron chi connectivity index (χ3n) is 6.51. The van der Waals surface area contributed by atoms with Crippen molar-refractivity contribution < 1.29 is 22.7 Å². The monoisotopic (exact) mass is 515 g/mol. The van der Waals surface area contributed by atoms with E-state index < -0.39 is 36.6 Å². The van der Waals surface area contributed by atoms with Gasteiger partial charge in [-0.05, 0) is 36.0 Å². The summed E-state index contributed by atoms with van der Waals surface area (Å²) in [5, 5.41) is 18.0. The van der Waals surface area contributed by atoms with Gasteiger partial charge in [0.15, 0.2) is 5.65 Å². The summed E-state index contributed by atoms with van der Waals surface area (Å²) in [6, 6.07) is 6.78. The van der Waals surface area contributed by atoms with Gasteiger partial charge in [-0.2, -0.15) is 32.3 Å². The van der Waals surface area contributed by atoms with Crippen molar-refractivity contribution in [3.8, 4) is 11.3 Å². The Balaban J connectivity index is 1.42. The maximum atomic E-state index is 14.5. The van der Waals surface area contributed by atoms with E-state index in [-0.39, 0.29) is 28.7 Å². The number of hydrogen-bond donors (Lipinski definition) is 2. The number of aromatic amines is 1. The lowest BCUT2D eigenvalue weighted by Crippen LogP contribution is -2.30. The lowest BCUT2D eigenvalue weighted by Gasteiger charge is -2.10. The summed E-state index contributed by atoms with van der Waals surface area (Å²) < 4.78 is 56.1. The molecule has 190 valence electrons. The highest BCUT2D eigenvalue weighted by Gasteiger charge is 2.42. The molecule has 37 heavy (non-hydrogen) atoms. The van der Waals surface area contributed by atoms with E-state index in [1.54, 1.807) is 18.2 Å². The van der Waals surface area contributed by atoms with E-state index in [9.17, 15) is 32.3 Å². The van der Waals surface area contributed by atoms with Crippen molar-refractivity contribution in [1.29, 1.82) is 0 Å². The number of halogens is 4. The molecule has 0 amide bonds. The molecule has 4 aromatic heterocycles. The minimum absolute atomic E-state index is 0.0560. The third-order valence-corrected chi connectivity index (χ3v) is 6.51. The highest BCUT2D eigenvalue weighted by atomic mass is 19.4. The zero-order chi connectivity index (χ0) is 26.1. The molecule has 1 aromatic carbocycles. The first-order valence-electron chi connectivity index (χ1n) is 11.1. The molecule has 1 saturated carbocycles. The van der Waals surface area contributed by atoms with Gasteiger partial charge in [0.25, 0.3) is 5.56 Å². The average Bonchev–Trinajstić information content (AvgIpc) is 3.43. The number of hydrogen-bond acceptors (Lipinski definition) is 6. The van der Waals surface area contributed by atoms with Gasteiger partial charge in [-0.1, -0.05) is 12.1 Å². The van der Waals surface area contributed by atoms with Crippen LogP contribution in [0.5, 0.6) is 0 Å². The van der Waals surface area contributed by atoms with Crippen LogP contribution >= 0.6 is 0 Å². The zero-order valence-corrected chi connectivity index (χ0v) is 18.8. The molecule has 1 aliphatic rings. The smallest absolute Gasteiger partial charge is 0.376 e. The third kappa shape index (κ3) is 3.98. The van der Waals surface area contributed by atoms with Crippen LogP contribution in [-0.4, -0.2) is 45.2 Å². The van der Waals surface area contributed by atoms with Gasteiger partial charge in [-0.25, -0.2) is 9.78 Å². The van der Waals surface area contributed by atoms with Crippen LogP contribution in [0.1, 0.15) is 29.4 Å². The van der Waals surface area contributed by atoms with E-state index in [1.165, 1.54) is 6.20 Å². The predicted octanol–water partition coefficient (Wildman–Crippen LogP) is 2.52. The van der Waals surface area contributed by atoms with E-state index in [4.69, 9.17) is 0 Å². The van der Waals surface area contributed by atoms with Gasteiger partial charge in [0.2, 0.25) is 5.95 Å². The maximum absolute atomic E-state index is 14.5. The summed E-state index contributed by atoms with van der Waals surface area (Å²) in [5.74, 6) is -1.04. The van der Waals surface area contributed by atoms with Gasteiger partial charge < -0.3 is 5.11 Å². The molecule has 0 unspecified atom stereocenters. The Morgan fingerprint density at radius 1 is 1.14 bits per heavy atom. The molecular formula is C23H17F4N7O3. The number of nitrogens with one attached hydrogen (secondary N) is 1. The number of aliphatic hydroxyl groups excluding tert-OH is 1. The molecule has 0 bridgehead atoms. The molecule has 14 heteroatoms. The highest BCUT2D eigenvalue weighted by Crippen LogP contribution is 2.56. The Bertz CT molecular complexity index is 1800. The number of aromatic nitrogens is 7. The van der Waals surface area contributed by atoms with E-state index in [2.05, 4.69) is 20.2 Å². The summed E-state index contributed by atoms with van der Waals surface area (Å²) in [6.07, 6.45) is -0.303. The van der Waals surface area contributed by atoms with Crippen LogP contribution < -0.4 is 11.2 Å². The van der Waals surface area contributed by atoms with E-state index in [0.29, 0.717) is 22.9 Å². The molecule has 0 saturated heterocycles. The van der Waals surface area contributed by atoms with Crippen LogP contribution in [0.4, 0.5) is 17.6 Å². The van der Waals surface area contributed by atoms with Crippen molar-refractivity contribution in [3.05, 3.63) is 80.8 Å². The standard InChI is InChI=1S/C23H17F4N7O3/c24-19-7-28-20-15(5-17(31-34(19)20)16-8-32(10-35)22(37)30-21(16)36)14-4-13(14)11-1-2-12-6-29-33(18(12)3-11)9-23(25,26)27/h1-3,5-8,13-14,35H,4,9-10H2,(H,30,36,37)/t13-,14+/m1/s1. The van der Waals surface area contributed by atoms with E-state index >= 15 is 0 Å². The van der Waals surface area contributed by atoms with Crippen molar-refractivity contribution in [1.82, 2.24) is 33.9 Å². The van der Waals surface area contributed by atoms with Gasteiger partial charge in [0.05, 0.1) is 29.2 Å². The lowest BCUT2D eigenvalue weighted by molar-refractivity contribution is -0.141. The second-order valence-corrected chi connectivity index (χ2v) is 8.90. The Kier molecular flexibility index (Phi) is 5.05. The average molecular weight is 515 g/mol. The summed E-state index contributed by atoms with van der Waals surface area (Å²) in [5.41, 5.74) is 0.402. The Morgan fingerprint density at radius 2 is 1.95 bits per heavy atom. The predicted molar refractivity (Wildman–Crippen MR) is 121 cm³/mol. The summed E-state index contributed by atoms with van der Waals surface area (Å²) in [6.45, 7) is -1.89. The van der Waals surface area contributed by atoms with Crippen molar-refractivity contribution in [2.24, 2.45) is 0 Å². The minimum atomic E-state index is -4.42. The van der Waals surface area contributed by atoms with E-state index in [0.717, 1.165) is 31.7 Å². The number of benzene rings is 1. The van der Waals surface area contributed by atoms with Gasteiger partial charge >= 0.3 is 11.9 Å². The summed E-state index contributed by atoms with van der Waals surface area (Å²) >= 11 is 0. The molecule has 2 N–H and O–H groups in total. The quantitative estimate of drug-likeness (QED) is 0.347. The van der Waals surface area contributed by atoms with Crippen molar-refractivity contribution in [3.63, 3.8) is 0 Å². The van der Waals surface area contributed by atoms with Gasteiger partial charge in [0, 0.05) is 17.1 Å². The Morgan fingerprint density at radius 3 is 2.70 bits per heavy atom. The largest absolute Gasteiger partial charge is 0.408 e. The molecule has 10 nitrogen and oxygen atoms in total. The first-order valence-corrected chi connectivity index (χ1v) is 11.1. The van der Waals surface area contributed by atoms with Gasteiger partial charge in [-0.15, -0.1) is 0 Å². The highest BCUT2D eigenvalue weighted by molar-refractivity contribution is 5.80. The fraction of sp³-hybridized carbons (Fsp3) is 0.261. The number of fused-ring (bicyclic) bond motifs is 2. The van der Waals surface area contributed by atoms with Crippen molar-refractivity contribution in [2.45, 2.75) is 37.7 Å². The molecule has 1 fully saturated rings. The first-order chi connectivity index (χ1) is 17.6. The van der Waals surface area contributed by atoms with Crippen LogP contribution in [-0.2, 0) is 13.3 Å². The Labute approximate surface area is 203 Å². The molecule has 0 aliphatic heterocycles. The molecule has 0 radical (unpaired) electrons. The van der Waals surface area contributed by atoms with Crippen LogP contribution in [0, 0.1) is 5.95 Å². The van der Waals surface area contributed by atoms with Crippen LogP contribution in [0.2, 0.25) is 0 Å². The normalized spacial score (nSPS) is 17.6. The zero-order valence-electron chi connectivity index (χ0n) is 18.8. The summed E-state index contributed by atoms with van der Waals surface area (Å²) in [7, 11) is 0. The van der Waals surface area contributed by atoms with Gasteiger partial charge in [0.1, 0.15) is 13.3 Å².